The van der Waals surface area contributed by atoms with E-state index in [9.17, 15) is 0 Å². The maximum Gasteiger partial charge on any atom is 0.0717 e. The van der Waals surface area contributed by atoms with Gasteiger partial charge in [0.15, 0.2) is 0 Å². The van der Waals surface area contributed by atoms with E-state index in [1.807, 2.05) is 0 Å². The predicted octanol–water partition coefficient (Wildman–Crippen LogP) is 7.23. The van der Waals surface area contributed by atoms with E-state index < -0.39 is 0 Å². The summed E-state index contributed by atoms with van der Waals surface area (Å²) >= 11 is 0. The lowest BCUT2D eigenvalue weighted by molar-refractivity contribution is 0.169. The molecule has 222 valence electrons. The highest BCUT2D eigenvalue weighted by atomic mass is 15.2. The topological polar surface area (TPSA) is 6.48 Å². The van der Waals surface area contributed by atoms with Gasteiger partial charge in [0.25, 0.3) is 0 Å². The molecule has 42 heavy (non-hydrogen) atoms. The van der Waals surface area contributed by atoms with Crippen LogP contribution >= 0.6 is 0 Å². The minimum absolute atomic E-state index is 0.228. The van der Waals surface area contributed by atoms with Crippen molar-refractivity contribution in [1.29, 1.82) is 0 Å². The Balaban J connectivity index is 1.31. The second-order valence-corrected chi connectivity index (χ2v) is 15.6. The van der Waals surface area contributed by atoms with Gasteiger partial charge in [-0.15, -0.1) is 0 Å². The number of rotatable bonds is 5. The molecule has 9 atom stereocenters. The van der Waals surface area contributed by atoms with E-state index in [2.05, 4.69) is 15.9 Å². The lowest BCUT2D eigenvalue weighted by Crippen LogP contribution is -2.38. The van der Waals surface area contributed by atoms with E-state index in [0.29, 0.717) is 35.3 Å². The molecule has 4 fully saturated rings. The van der Waals surface area contributed by atoms with Crippen molar-refractivity contribution in [2.24, 2.45) is 23.7 Å². The highest BCUT2D eigenvalue weighted by Crippen LogP contribution is 2.45. The van der Waals surface area contributed by atoms with Crippen molar-refractivity contribution in [3.63, 3.8) is 0 Å². The van der Waals surface area contributed by atoms with Gasteiger partial charge in [-0.25, -0.2) is 0 Å². The average molecular weight is 560 g/mol. The van der Waals surface area contributed by atoms with Gasteiger partial charge in [0.05, 0.1) is 39.2 Å². The van der Waals surface area contributed by atoms with Crippen LogP contribution in [0.4, 0.5) is 0 Å². The summed E-state index contributed by atoms with van der Waals surface area (Å²) in [6.45, 7) is 5.66. The van der Waals surface area contributed by atoms with Gasteiger partial charge in [-0.1, -0.05) is 111 Å². The Morgan fingerprint density at radius 1 is 0.571 bits per heavy atom. The zero-order valence-electron chi connectivity index (χ0n) is 26.9. The van der Waals surface area contributed by atoms with Gasteiger partial charge >= 0.3 is 0 Å². The van der Waals surface area contributed by atoms with E-state index in [1.165, 1.54) is 90.0 Å². The maximum absolute atomic E-state index is 7.03. The number of allylic oxidation sites excluding steroid dienone is 1. The first-order chi connectivity index (χ1) is 20.3. The fraction of sp³-hybridized carbons (Fsp3) is 0.943. The van der Waals surface area contributed by atoms with Crippen LogP contribution in [0, 0.1) is 23.7 Å². The van der Waals surface area contributed by atoms with E-state index in [-0.39, 0.29) is 11.6 Å². The lowest BCUT2D eigenvalue weighted by atomic mass is 9.65. The molecule has 2 saturated heterocycles. The third-order valence-corrected chi connectivity index (χ3v) is 12.1. The van der Waals surface area contributed by atoms with Crippen molar-refractivity contribution in [2.75, 3.05) is 32.7 Å². The molecule has 10 radical (unpaired) electrons. The molecular weight excluding hydrogens is 502 g/mol. The molecule has 3 aliphatic carbocycles. The van der Waals surface area contributed by atoms with Crippen molar-refractivity contribution < 1.29 is 0 Å². The Morgan fingerprint density at radius 3 is 2.17 bits per heavy atom. The van der Waals surface area contributed by atoms with Crippen LogP contribution in [0.3, 0.4) is 0 Å². The maximum atomic E-state index is 7.03. The molecule has 5 aliphatic rings. The quantitative estimate of drug-likeness (QED) is 0.199. The van der Waals surface area contributed by atoms with Crippen molar-refractivity contribution in [2.45, 2.75) is 151 Å². The molecule has 5 rings (SSSR count). The van der Waals surface area contributed by atoms with Gasteiger partial charge in [-0.2, -0.15) is 0 Å². The smallest absolute Gasteiger partial charge is 0.0717 e. The predicted molar refractivity (Wildman–Crippen MR) is 184 cm³/mol. The molecule has 2 heterocycles. The molecule has 2 nitrogen and oxygen atoms in total. The van der Waals surface area contributed by atoms with Crippen LogP contribution in [0.2, 0.25) is 29.1 Å². The second-order valence-electron chi connectivity index (χ2n) is 15.6. The molecule has 0 bridgehead atoms. The molecule has 0 aromatic heterocycles. The first kappa shape index (κ1) is 33.4. The molecule has 0 spiro atoms. The summed E-state index contributed by atoms with van der Waals surface area (Å²) in [5.41, 5.74) is 1.63. The summed E-state index contributed by atoms with van der Waals surface area (Å²) in [5, 5.41) is 0. The Kier molecular flexibility index (Phi) is 13.1. The van der Waals surface area contributed by atoms with Crippen LogP contribution in [0.25, 0.3) is 0 Å². The molecule has 0 aromatic carbocycles. The SMILES string of the molecule is [B]C1CCCC(C2CC([B])C/C(C3CCN(C4CCCCCC([B])C4)CC([B])C3)=C\C(CN3CCC([B])CC3)C2)CC1. The fourth-order valence-electron chi connectivity index (χ4n) is 9.63. The Hall–Kier alpha value is -0.0153. The second kappa shape index (κ2) is 16.5. The third kappa shape index (κ3) is 9.99. The van der Waals surface area contributed by atoms with E-state index >= 15 is 0 Å². The molecule has 0 amide bonds. The van der Waals surface area contributed by atoms with Crippen LogP contribution < -0.4 is 0 Å². The van der Waals surface area contributed by atoms with Crippen LogP contribution in [-0.4, -0.2) is 87.8 Å². The van der Waals surface area contributed by atoms with Gasteiger partial charge in [-0.05, 0) is 94.8 Å². The molecule has 9 unspecified atom stereocenters. The first-order valence-electron chi connectivity index (χ1n) is 18.3. The van der Waals surface area contributed by atoms with Gasteiger partial charge in [0.2, 0.25) is 0 Å². The van der Waals surface area contributed by atoms with Crippen LogP contribution in [0.5, 0.6) is 0 Å². The Bertz CT molecular complexity index is 832. The first-order valence-corrected chi connectivity index (χ1v) is 18.3. The number of hydrogen-bond acceptors (Lipinski definition) is 2. The third-order valence-electron chi connectivity index (χ3n) is 12.1. The van der Waals surface area contributed by atoms with Gasteiger partial charge in [0, 0.05) is 12.6 Å². The fourth-order valence-corrected chi connectivity index (χ4v) is 9.63. The summed E-state index contributed by atoms with van der Waals surface area (Å²) in [7, 11) is 33.2. The lowest BCUT2D eigenvalue weighted by Gasteiger charge is -2.38. The highest BCUT2D eigenvalue weighted by Gasteiger charge is 2.34. The average Bonchev–Trinajstić information content (AvgIpc) is 3.27. The van der Waals surface area contributed by atoms with Crippen molar-refractivity contribution >= 4 is 39.2 Å². The van der Waals surface area contributed by atoms with Crippen LogP contribution in [0.15, 0.2) is 11.6 Å². The number of nitrogens with zero attached hydrogens (tertiary/aromatic N) is 2. The molecular formula is C35H57B5N2. The minimum atomic E-state index is 0.228. The van der Waals surface area contributed by atoms with E-state index in [1.54, 1.807) is 5.57 Å². The van der Waals surface area contributed by atoms with Crippen molar-refractivity contribution in [1.82, 2.24) is 9.80 Å². The summed E-state index contributed by atoms with van der Waals surface area (Å²) < 4.78 is 0. The number of hydrogen-bond donors (Lipinski definition) is 0. The van der Waals surface area contributed by atoms with Gasteiger partial charge < -0.3 is 9.80 Å². The monoisotopic (exact) mass is 560 g/mol. The highest BCUT2D eigenvalue weighted by molar-refractivity contribution is 6.12. The summed E-state index contributed by atoms with van der Waals surface area (Å²) in [5.74, 6) is 4.27. The van der Waals surface area contributed by atoms with Crippen LogP contribution in [-0.2, 0) is 0 Å². The molecule has 0 N–H and O–H groups in total. The van der Waals surface area contributed by atoms with Crippen molar-refractivity contribution in [3.8, 4) is 0 Å². The number of piperidine rings is 1. The van der Waals surface area contributed by atoms with Gasteiger partial charge in [-0.3, -0.25) is 0 Å². The zero-order valence-corrected chi connectivity index (χ0v) is 26.9. The number of likely N-dealkylation sites (tertiary alicyclic amines) is 2. The minimum Gasteiger partial charge on any atom is -0.303 e. The molecule has 0 aromatic rings. The molecule has 2 saturated carbocycles. The summed E-state index contributed by atoms with van der Waals surface area (Å²) in [6.07, 6.45) is 24.7. The normalized spacial score (nSPS) is 42.6. The zero-order chi connectivity index (χ0) is 29.5. The molecule has 2 aliphatic heterocycles. The Labute approximate surface area is 267 Å². The Morgan fingerprint density at radius 2 is 1.33 bits per heavy atom. The van der Waals surface area contributed by atoms with Crippen LogP contribution in [0.1, 0.15) is 116 Å². The van der Waals surface area contributed by atoms with Gasteiger partial charge in [0.1, 0.15) is 0 Å². The molecule has 7 heteroatoms. The largest absolute Gasteiger partial charge is 0.303 e. The van der Waals surface area contributed by atoms with Crippen molar-refractivity contribution in [3.05, 3.63) is 11.6 Å². The summed E-state index contributed by atoms with van der Waals surface area (Å²) in [4.78, 5) is 5.45. The van der Waals surface area contributed by atoms with E-state index in [0.717, 1.165) is 70.1 Å². The standard InChI is InChI=1S/C35H57B5N2/c36-30-7-4-5-26(9-10-30)28-17-25(23-41-14-12-31(37)13-15-41)18-29(21-33(39)20-28)27-11-16-42(24-34(40)19-27)35-8-3-1-2-6-32(38)22-35/h18,25-28,30-35H,1-17,19-24H2/b29-18+. The van der Waals surface area contributed by atoms with E-state index in [4.69, 9.17) is 39.2 Å². The summed E-state index contributed by atoms with van der Waals surface area (Å²) in [6, 6.07) is 0.602.